The second-order valence-electron chi connectivity index (χ2n) is 8.70. The Hall–Kier alpha value is -3.99. The SMILES string of the molecule is COC(=O)[C@H]1[C@H](c2ccccc2)C2(C(=O)c3ccccc3C2=O)[C@H]2C=Cc3ccccc3N12. The molecule has 162 valence electrons. The van der Waals surface area contributed by atoms with Crippen molar-refractivity contribution in [3.8, 4) is 0 Å². The van der Waals surface area contributed by atoms with Crippen LogP contribution < -0.4 is 4.90 Å². The molecular weight excluding hydrogens is 414 g/mol. The number of hydrogen-bond acceptors (Lipinski definition) is 5. The molecule has 0 bridgehead atoms. The molecule has 0 unspecified atom stereocenters. The summed E-state index contributed by atoms with van der Waals surface area (Å²) in [6.07, 6.45) is 3.85. The smallest absolute Gasteiger partial charge is 0.329 e. The third-order valence-corrected chi connectivity index (χ3v) is 7.31. The minimum absolute atomic E-state index is 0.234. The molecule has 0 N–H and O–H groups in total. The molecule has 5 nitrogen and oxygen atoms in total. The lowest BCUT2D eigenvalue weighted by atomic mass is 9.65. The molecule has 1 aliphatic carbocycles. The van der Waals surface area contributed by atoms with Crippen LogP contribution in [0.1, 0.15) is 37.8 Å². The summed E-state index contributed by atoms with van der Waals surface area (Å²) in [5.41, 5.74) is 1.88. The van der Waals surface area contributed by atoms with Crippen molar-refractivity contribution in [2.24, 2.45) is 5.41 Å². The predicted molar refractivity (Wildman–Crippen MR) is 124 cm³/mol. The fraction of sp³-hybridized carbons (Fsp3) is 0.179. The van der Waals surface area contributed by atoms with E-state index in [9.17, 15) is 14.4 Å². The molecule has 3 aliphatic rings. The van der Waals surface area contributed by atoms with E-state index < -0.39 is 29.4 Å². The third kappa shape index (κ3) is 2.39. The number of rotatable bonds is 2. The Bertz CT molecular complexity index is 1310. The highest BCUT2D eigenvalue weighted by Gasteiger charge is 2.71. The molecule has 1 saturated heterocycles. The molecule has 0 radical (unpaired) electrons. The number of hydrogen-bond donors (Lipinski definition) is 0. The zero-order chi connectivity index (χ0) is 22.7. The monoisotopic (exact) mass is 435 g/mol. The van der Waals surface area contributed by atoms with Crippen LogP contribution in [0.15, 0.2) is 84.9 Å². The second-order valence-corrected chi connectivity index (χ2v) is 8.70. The Kier molecular flexibility index (Phi) is 4.18. The summed E-state index contributed by atoms with van der Waals surface area (Å²) >= 11 is 0. The zero-order valence-electron chi connectivity index (χ0n) is 18.0. The van der Waals surface area contributed by atoms with Gasteiger partial charge >= 0.3 is 5.97 Å². The average molecular weight is 435 g/mol. The van der Waals surface area contributed by atoms with E-state index in [4.69, 9.17) is 4.74 Å². The van der Waals surface area contributed by atoms with Gasteiger partial charge in [-0.05, 0) is 17.2 Å². The minimum atomic E-state index is -1.46. The summed E-state index contributed by atoms with van der Waals surface area (Å²) in [7, 11) is 1.35. The first-order chi connectivity index (χ1) is 16.1. The van der Waals surface area contributed by atoms with E-state index >= 15 is 0 Å². The molecule has 3 aromatic carbocycles. The number of methoxy groups -OCH3 is 1. The zero-order valence-corrected chi connectivity index (χ0v) is 18.0. The maximum Gasteiger partial charge on any atom is 0.329 e. The number of carbonyl (C=O) groups is 3. The first-order valence-corrected chi connectivity index (χ1v) is 11.0. The minimum Gasteiger partial charge on any atom is -0.467 e. The van der Waals surface area contributed by atoms with Crippen LogP contribution in [0.25, 0.3) is 6.08 Å². The Labute approximate surface area is 191 Å². The van der Waals surface area contributed by atoms with Crippen molar-refractivity contribution in [1.82, 2.24) is 0 Å². The summed E-state index contributed by atoms with van der Waals surface area (Å²) in [5.74, 6) is -1.64. The quantitative estimate of drug-likeness (QED) is 0.444. The molecule has 0 amide bonds. The fourth-order valence-electron chi connectivity index (χ4n) is 6.04. The van der Waals surface area contributed by atoms with Crippen LogP contribution in [0.5, 0.6) is 0 Å². The number of ketones is 2. The van der Waals surface area contributed by atoms with Crippen LogP contribution in [0, 0.1) is 5.41 Å². The average Bonchev–Trinajstić information content (AvgIpc) is 3.31. The normalized spacial score (nSPS) is 23.9. The molecule has 6 rings (SSSR count). The van der Waals surface area contributed by atoms with Gasteiger partial charge in [0.15, 0.2) is 11.6 Å². The highest BCUT2D eigenvalue weighted by Crippen LogP contribution is 2.60. The molecule has 3 aromatic rings. The Morgan fingerprint density at radius 2 is 1.45 bits per heavy atom. The Balaban J connectivity index is 1.69. The molecule has 0 saturated carbocycles. The molecule has 0 aromatic heterocycles. The van der Waals surface area contributed by atoms with E-state index in [1.54, 1.807) is 24.3 Å². The lowest BCUT2D eigenvalue weighted by Crippen LogP contribution is -2.48. The first-order valence-electron chi connectivity index (χ1n) is 11.0. The second kappa shape index (κ2) is 7.01. The number of carbonyl (C=O) groups excluding carboxylic acids is 3. The lowest BCUT2D eigenvalue weighted by Gasteiger charge is -2.36. The van der Waals surface area contributed by atoms with Crippen molar-refractivity contribution in [2.75, 3.05) is 12.0 Å². The van der Waals surface area contributed by atoms with Gasteiger partial charge in [0.1, 0.15) is 11.5 Å². The molecule has 2 aliphatic heterocycles. The molecular formula is C28H21NO4. The van der Waals surface area contributed by atoms with Crippen molar-refractivity contribution < 1.29 is 19.1 Å². The van der Waals surface area contributed by atoms with Gasteiger partial charge in [-0.1, -0.05) is 84.9 Å². The summed E-state index contributed by atoms with van der Waals surface area (Å²) in [5, 5.41) is 0. The van der Waals surface area contributed by atoms with Crippen molar-refractivity contribution in [3.05, 3.63) is 107 Å². The van der Waals surface area contributed by atoms with Gasteiger partial charge in [0.25, 0.3) is 0 Å². The van der Waals surface area contributed by atoms with E-state index in [0.29, 0.717) is 11.1 Å². The summed E-state index contributed by atoms with van der Waals surface area (Å²) in [6.45, 7) is 0. The van der Waals surface area contributed by atoms with E-state index in [1.807, 2.05) is 71.6 Å². The molecule has 5 heteroatoms. The van der Waals surface area contributed by atoms with Crippen LogP contribution in [0.4, 0.5) is 5.69 Å². The summed E-state index contributed by atoms with van der Waals surface area (Å²) in [6, 6.07) is 22.6. The van der Waals surface area contributed by atoms with Crippen molar-refractivity contribution in [2.45, 2.75) is 18.0 Å². The number of anilines is 1. The van der Waals surface area contributed by atoms with E-state index in [2.05, 4.69) is 0 Å². The van der Waals surface area contributed by atoms with Crippen LogP contribution >= 0.6 is 0 Å². The Morgan fingerprint density at radius 1 is 0.848 bits per heavy atom. The highest BCUT2D eigenvalue weighted by atomic mass is 16.5. The summed E-state index contributed by atoms with van der Waals surface area (Å²) < 4.78 is 5.27. The largest absolute Gasteiger partial charge is 0.467 e. The topological polar surface area (TPSA) is 63.7 Å². The van der Waals surface area contributed by atoms with Gasteiger partial charge in [0.2, 0.25) is 0 Å². The molecule has 2 heterocycles. The molecule has 33 heavy (non-hydrogen) atoms. The molecule has 3 atom stereocenters. The number of fused-ring (bicyclic) bond motifs is 5. The van der Waals surface area contributed by atoms with Gasteiger partial charge in [-0.15, -0.1) is 0 Å². The van der Waals surface area contributed by atoms with Gasteiger partial charge in [0.05, 0.1) is 13.2 Å². The lowest BCUT2D eigenvalue weighted by molar-refractivity contribution is -0.142. The van der Waals surface area contributed by atoms with Crippen molar-refractivity contribution >= 4 is 29.3 Å². The van der Waals surface area contributed by atoms with Gasteiger partial charge in [0, 0.05) is 22.7 Å². The number of esters is 1. The number of para-hydroxylation sites is 1. The summed E-state index contributed by atoms with van der Waals surface area (Å²) in [4.78, 5) is 43.7. The maximum absolute atomic E-state index is 14.2. The fourth-order valence-corrected chi connectivity index (χ4v) is 6.04. The number of benzene rings is 3. The van der Waals surface area contributed by atoms with Crippen molar-refractivity contribution in [1.29, 1.82) is 0 Å². The standard InChI is InChI=1S/C28H21NO4/c1-33-27(32)24-23(18-10-3-2-4-11-18)28(25(30)19-12-6-7-13-20(19)26(28)31)22-16-15-17-9-5-8-14-21(17)29(22)24/h2-16,22-24H,1H3/t22-,23+,24-/m1/s1. The van der Waals surface area contributed by atoms with Gasteiger partial charge in [-0.25, -0.2) is 4.79 Å². The van der Waals surface area contributed by atoms with Gasteiger partial charge in [-0.3, -0.25) is 9.59 Å². The number of nitrogens with zero attached hydrogens (tertiary/aromatic N) is 1. The van der Waals surface area contributed by atoms with Crippen molar-refractivity contribution in [3.63, 3.8) is 0 Å². The highest BCUT2D eigenvalue weighted by molar-refractivity contribution is 6.32. The van der Waals surface area contributed by atoms with E-state index in [-0.39, 0.29) is 11.6 Å². The third-order valence-electron chi connectivity index (χ3n) is 7.31. The predicted octanol–water partition coefficient (Wildman–Crippen LogP) is 4.29. The van der Waals surface area contributed by atoms with Crippen LogP contribution in [0.2, 0.25) is 0 Å². The van der Waals surface area contributed by atoms with Gasteiger partial charge < -0.3 is 9.64 Å². The van der Waals surface area contributed by atoms with Crippen LogP contribution in [-0.2, 0) is 9.53 Å². The van der Waals surface area contributed by atoms with Crippen LogP contribution in [-0.4, -0.2) is 36.7 Å². The Morgan fingerprint density at radius 3 is 2.12 bits per heavy atom. The van der Waals surface area contributed by atoms with Gasteiger partial charge in [-0.2, -0.15) is 0 Å². The number of Topliss-reactive ketones (excluding diaryl/α,β-unsaturated/α-hetero) is 2. The molecule has 1 fully saturated rings. The van der Waals surface area contributed by atoms with E-state index in [0.717, 1.165) is 16.8 Å². The molecule has 1 spiro atoms. The van der Waals surface area contributed by atoms with E-state index in [1.165, 1.54) is 7.11 Å². The number of ether oxygens (including phenoxy) is 1. The first kappa shape index (κ1) is 19.7. The maximum atomic E-state index is 14.2. The van der Waals surface area contributed by atoms with Crippen LogP contribution in [0.3, 0.4) is 0 Å².